The van der Waals surface area contributed by atoms with Crippen LogP contribution < -0.4 is 0 Å². The van der Waals surface area contributed by atoms with E-state index in [1.165, 1.54) is 49.7 Å². The lowest BCUT2D eigenvalue weighted by atomic mass is 9.69. The second kappa shape index (κ2) is 7.44. The van der Waals surface area contributed by atoms with Crippen LogP contribution in [0.2, 0.25) is 0 Å². The van der Waals surface area contributed by atoms with Crippen LogP contribution in [-0.2, 0) is 6.54 Å². The fourth-order valence-electron chi connectivity index (χ4n) is 5.46. The summed E-state index contributed by atoms with van der Waals surface area (Å²) in [5, 5.41) is 1.24. The second-order valence-corrected chi connectivity index (χ2v) is 8.29. The van der Waals surface area contributed by atoms with Crippen LogP contribution in [0.1, 0.15) is 49.3 Å². The van der Waals surface area contributed by atoms with E-state index >= 15 is 0 Å². The Morgan fingerprint density at radius 1 is 0.815 bits per heavy atom. The van der Waals surface area contributed by atoms with E-state index in [0.717, 1.165) is 23.9 Å². The van der Waals surface area contributed by atoms with Crippen molar-refractivity contribution >= 4 is 10.9 Å². The van der Waals surface area contributed by atoms with Crippen molar-refractivity contribution in [2.75, 3.05) is 6.54 Å². The highest BCUT2D eigenvalue weighted by Crippen LogP contribution is 2.44. The molecule has 3 aromatic rings. The van der Waals surface area contributed by atoms with Crippen molar-refractivity contribution in [3.05, 3.63) is 78.0 Å². The van der Waals surface area contributed by atoms with Gasteiger partial charge in [-0.25, -0.2) is 0 Å². The maximum atomic E-state index is 4.94. The Bertz CT molecular complexity index is 904. The van der Waals surface area contributed by atoms with E-state index < -0.39 is 0 Å². The largest absolute Gasteiger partial charge is 0.294 e. The monoisotopic (exact) mass is 356 g/mol. The SMILES string of the molecule is c1ccc([C@H]2CCN(Cc3ccc4ccccc4n3)[C@@H]3CCCC[C@H]23)cc1. The number of pyridine rings is 1. The molecule has 0 radical (unpaired) electrons. The normalized spacial score (nSPS) is 26.0. The lowest BCUT2D eigenvalue weighted by molar-refractivity contribution is 0.0381. The molecule has 2 heterocycles. The quantitative estimate of drug-likeness (QED) is 0.591. The molecule has 27 heavy (non-hydrogen) atoms. The summed E-state index contributed by atoms with van der Waals surface area (Å²) in [5.74, 6) is 1.53. The standard InChI is InChI=1S/C25H28N2/c1-2-8-19(9-3-1)22-16-17-27(25-13-7-5-11-23(22)25)18-21-15-14-20-10-4-6-12-24(20)26-21/h1-4,6,8-10,12,14-15,22-23,25H,5,7,11,13,16-18H2/t22-,23-,25-/m1/s1. The lowest BCUT2D eigenvalue weighted by Gasteiger charge is -2.48. The van der Waals surface area contributed by atoms with Gasteiger partial charge in [-0.15, -0.1) is 0 Å². The van der Waals surface area contributed by atoms with Gasteiger partial charge in [-0.1, -0.05) is 67.4 Å². The maximum Gasteiger partial charge on any atom is 0.0705 e. The number of para-hydroxylation sites is 1. The number of hydrogen-bond donors (Lipinski definition) is 0. The van der Waals surface area contributed by atoms with Gasteiger partial charge in [0.15, 0.2) is 0 Å². The molecule has 1 saturated carbocycles. The summed E-state index contributed by atoms with van der Waals surface area (Å²) in [6, 6.07) is 24.9. The van der Waals surface area contributed by atoms with Gasteiger partial charge in [0.2, 0.25) is 0 Å². The smallest absolute Gasteiger partial charge is 0.0705 e. The summed E-state index contributed by atoms with van der Waals surface area (Å²) in [6.45, 7) is 2.18. The van der Waals surface area contributed by atoms with Crippen LogP contribution in [0.5, 0.6) is 0 Å². The summed E-state index contributed by atoms with van der Waals surface area (Å²) in [6.07, 6.45) is 6.78. The Labute approximate surface area is 162 Å². The Hall–Kier alpha value is -2.19. The molecule has 0 spiro atoms. The zero-order chi connectivity index (χ0) is 18.1. The molecule has 2 nitrogen and oxygen atoms in total. The molecule has 1 aliphatic carbocycles. The van der Waals surface area contributed by atoms with Crippen molar-refractivity contribution in [2.24, 2.45) is 5.92 Å². The highest BCUT2D eigenvalue weighted by atomic mass is 15.2. The van der Waals surface area contributed by atoms with E-state index in [0.29, 0.717) is 6.04 Å². The van der Waals surface area contributed by atoms with Crippen molar-refractivity contribution in [3.63, 3.8) is 0 Å². The first kappa shape index (κ1) is 16.9. The van der Waals surface area contributed by atoms with Crippen molar-refractivity contribution < 1.29 is 0 Å². The van der Waals surface area contributed by atoms with Crippen molar-refractivity contribution in [2.45, 2.75) is 50.6 Å². The third kappa shape index (κ3) is 3.39. The minimum Gasteiger partial charge on any atom is -0.294 e. The Morgan fingerprint density at radius 3 is 2.56 bits per heavy atom. The molecular formula is C25H28N2. The van der Waals surface area contributed by atoms with Crippen LogP contribution in [0.25, 0.3) is 10.9 Å². The lowest BCUT2D eigenvalue weighted by Crippen LogP contribution is -2.49. The zero-order valence-corrected chi connectivity index (χ0v) is 15.9. The van der Waals surface area contributed by atoms with Crippen LogP contribution in [-0.4, -0.2) is 22.5 Å². The van der Waals surface area contributed by atoms with Gasteiger partial charge in [0, 0.05) is 18.0 Å². The minimum atomic E-state index is 0.714. The topological polar surface area (TPSA) is 16.1 Å². The molecule has 2 fully saturated rings. The summed E-state index contributed by atoms with van der Waals surface area (Å²) < 4.78 is 0. The first-order valence-corrected chi connectivity index (χ1v) is 10.5. The molecule has 0 amide bonds. The predicted molar refractivity (Wildman–Crippen MR) is 112 cm³/mol. The van der Waals surface area contributed by atoms with Crippen LogP contribution in [0, 0.1) is 5.92 Å². The average molecular weight is 357 g/mol. The van der Waals surface area contributed by atoms with Crippen molar-refractivity contribution in [3.8, 4) is 0 Å². The van der Waals surface area contributed by atoms with Gasteiger partial charge in [0.05, 0.1) is 11.2 Å². The van der Waals surface area contributed by atoms with Crippen LogP contribution >= 0.6 is 0 Å². The third-order valence-corrected chi connectivity index (χ3v) is 6.74. The minimum absolute atomic E-state index is 0.714. The van der Waals surface area contributed by atoms with Gasteiger partial charge in [0.25, 0.3) is 0 Å². The van der Waals surface area contributed by atoms with Gasteiger partial charge in [-0.05, 0) is 55.3 Å². The summed E-state index contributed by atoms with van der Waals surface area (Å²) in [5.41, 5.74) is 3.89. The molecule has 0 bridgehead atoms. The maximum absolute atomic E-state index is 4.94. The molecule has 1 saturated heterocycles. The van der Waals surface area contributed by atoms with E-state index in [2.05, 4.69) is 71.6 Å². The summed E-state index contributed by atoms with van der Waals surface area (Å²) in [7, 11) is 0. The molecule has 1 aromatic heterocycles. The fraction of sp³-hybridized carbons (Fsp3) is 0.400. The number of nitrogens with zero attached hydrogens (tertiary/aromatic N) is 2. The third-order valence-electron chi connectivity index (χ3n) is 6.74. The Morgan fingerprint density at radius 2 is 1.63 bits per heavy atom. The molecule has 2 heteroatoms. The molecule has 0 unspecified atom stereocenters. The van der Waals surface area contributed by atoms with Crippen LogP contribution in [0.3, 0.4) is 0 Å². The first-order valence-electron chi connectivity index (χ1n) is 10.5. The number of fused-ring (bicyclic) bond motifs is 2. The Balaban J connectivity index is 1.38. The second-order valence-electron chi connectivity index (χ2n) is 8.29. The molecule has 1 aliphatic heterocycles. The number of benzene rings is 2. The van der Waals surface area contributed by atoms with Crippen molar-refractivity contribution in [1.82, 2.24) is 9.88 Å². The number of rotatable bonds is 3. The van der Waals surface area contributed by atoms with E-state index in [1.54, 1.807) is 5.56 Å². The molecule has 0 N–H and O–H groups in total. The van der Waals surface area contributed by atoms with E-state index in [1.807, 2.05) is 0 Å². The van der Waals surface area contributed by atoms with Gasteiger partial charge in [-0.3, -0.25) is 9.88 Å². The van der Waals surface area contributed by atoms with Crippen LogP contribution in [0.15, 0.2) is 66.7 Å². The van der Waals surface area contributed by atoms with E-state index in [-0.39, 0.29) is 0 Å². The predicted octanol–water partition coefficient (Wildman–Crippen LogP) is 5.78. The molecule has 2 aromatic carbocycles. The van der Waals surface area contributed by atoms with E-state index in [4.69, 9.17) is 4.98 Å². The highest BCUT2D eigenvalue weighted by Gasteiger charge is 2.39. The molecule has 5 rings (SSSR count). The first-order chi connectivity index (χ1) is 13.4. The number of hydrogen-bond acceptors (Lipinski definition) is 2. The zero-order valence-electron chi connectivity index (χ0n) is 15.9. The number of piperidine rings is 1. The number of aromatic nitrogens is 1. The van der Waals surface area contributed by atoms with Gasteiger partial charge in [-0.2, -0.15) is 0 Å². The average Bonchev–Trinajstić information content (AvgIpc) is 2.74. The summed E-state index contributed by atoms with van der Waals surface area (Å²) in [4.78, 5) is 7.68. The molecular weight excluding hydrogens is 328 g/mol. The van der Waals surface area contributed by atoms with Crippen molar-refractivity contribution in [1.29, 1.82) is 0 Å². The fourth-order valence-corrected chi connectivity index (χ4v) is 5.46. The van der Waals surface area contributed by atoms with Gasteiger partial charge in [0.1, 0.15) is 0 Å². The highest BCUT2D eigenvalue weighted by molar-refractivity contribution is 5.78. The van der Waals surface area contributed by atoms with Crippen LogP contribution in [0.4, 0.5) is 0 Å². The van der Waals surface area contributed by atoms with Gasteiger partial charge >= 0.3 is 0 Å². The number of likely N-dealkylation sites (tertiary alicyclic amines) is 1. The van der Waals surface area contributed by atoms with Gasteiger partial charge < -0.3 is 0 Å². The van der Waals surface area contributed by atoms with E-state index in [9.17, 15) is 0 Å². The molecule has 3 atom stereocenters. The Kier molecular flexibility index (Phi) is 4.67. The molecule has 138 valence electrons. The summed E-state index contributed by atoms with van der Waals surface area (Å²) >= 11 is 0. The molecule has 2 aliphatic rings.